The van der Waals surface area contributed by atoms with E-state index in [1.54, 1.807) is 12.4 Å². The fourth-order valence-corrected chi connectivity index (χ4v) is 2.13. The van der Waals surface area contributed by atoms with Gasteiger partial charge in [0.15, 0.2) is 5.82 Å². The molecule has 0 aliphatic heterocycles. The van der Waals surface area contributed by atoms with Gasteiger partial charge in [-0.1, -0.05) is 0 Å². The fraction of sp³-hybridized carbons (Fsp3) is 0.375. The summed E-state index contributed by atoms with van der Waals surface area (Å²) in [6.45, 7) is 1.21. The van der Waals surface area contributed by atoms with E-state index >= 15 is 0 Å². The lowest BCUT2D eigenvalue weighted by Crippen LogP contribution is -2.29. The molecule has 0 atom stereocenters. The van der Waals surface area contributed by atoms with Gasteiger partial charge in [0.1, 0.15) is 5.82 Å². The van der Waals surface area contributed by atoms with E-state index in [0.29, 0.717) is 37.1 Å². The molecule has 0 saturated heterocycles. The third-order valence-electron chi connectivity index (χ3n) is 3.54. The second-order valence-electron chi connectivity index (χ2n) is 5.59. The van der Waals surface area contributed by atoms with Crippen LogP contribution in [0.5, 0.6) is 0 Å². The molecule has 0 radical (unpaired) electrons. The standard InChI is InChI=1S/C16H20N6O/c23-16(11-12-1-2-12)19-10-9-18-14-3-4-15(22-21-14)20-13-5-7-17-8-6-13/h3-8,12H,1-2,9-11H2,(H,18,21)(H,19,23)(H,17,20,22). The van der Waals surface area contributed by atoms with Gasteiger partial charge in [0, 0.05) is 37.6 Å². The number of rotatable bonds is 8. The molecule has 3 N–H and O–H groups in total. The number of aromatic nitrogens is 3. The van der Waals surface area contributed by atoms with Gasteiger partial charge in [0.05, 0.1) is 0 Å². The smallest absolute Gasteiger partial charge is 0.220 e. The Morgan fingerprint density at radius 1 is 1.04 bits per heavy atom. The van der Waals surface area contributed by atoms with E-state index in [-0.39, 0.29) is 5.91 Å². The topological polar surface area (TPSA) is 91.8 Å². The molecule has 0 spiro atoms. The molecule has 2 heterocycles. The van der Waals surface area contributed by atoms with Crippen molar-refractivity contribution in [3.63, 3.8) is 0 Å². The highest BCUT2D eigenvalue weighted by Gasteiger charge is 2.23. The van der Waals surface area contributed by atoms with E-state index < -0.39 is 0 Å². The van der Waals surface area contributed by atoms with Crippen molar-refractivity contribution in [3.8, 4) is 0 Å². The van der Waals surface area contributed by atoms with Gasteiger partial charge in [-0.2, -0.15) is 0 Å². The Morgan fingerprint density at radius 3 is 2.48 bits per heavy atom. The average molecular weight is 312 g/mol. The van der Waals surface area contributed by atoms with Crippen LogP contribution in [0.4, 0.5) is 17.3 Å². The number of carbonyl (C=O) groups excluding carboxylic acids is 1. The highest BCUT2D eigenvalue weighted by atomic mass is 16.1. The summed E-state index contributed by atoms with van der Waals surface area (Å²) in [6.07, 6.45) is 6.48. The first-order chi connectivity index (χ1) is 11.3. The third-order valence-corrected chi connectivity index (χ3v) is 3.54. The summed E-state index contributed by atoms with van der Waals surface area (Å²) < 4.78 is 0. The number of nitrogens with zero attached hydrogens (tertiary/aromatic N) is 3. The summed E-state index contributed by atoms with van der Waals surface area (Å²) in [6, 6.07) is 7.42. The average Bonchev–Trinajstić information content (AvgIpc) is 3.38. The van der Waals surface area contributed by atoms with Crippen LogP contribution < -0.4 is 16.0 Å². The van der Waals surface area contributed by atoms with Crippen molar-refractivity contribution in [1.29, 1.82) is 0 Å². The van der Waals surface area contributed by atoms with Crippen LogP contribution in [0.2, 0.25) is 0 Å². The van der Waals surface area contributed by atoms with Gasteiger partial charge < -0.3 is 16.0 Å². The Hall–Kier alpha value is -2.70. The van der Waals surface area contributed by atoms with Gasteiger partial charge in [-0.05, 0) is 43.0 Å². The molecule has 1 amide bonds. The molecule has 7 heteroatoms. The minimum Gasteiger partial charge on any atom is -0.367 e. The maximum Gasteiger partial charge on any atom is 0.220 e. The number of anilines is 3. The first kappa shape index (κ1) is 15.2. The zero-order valence-electron chi connectivity index (χ0n) is 12.8. The van der Waals surface area contributed by atoms with Crippen molar-refractivity contribution < 1.29 is 4.79 Å². The van der Waals surface area contributed by atoms with Gasteiger partial charge in [-0.15, -0.1) is 10.2 Å². The lowest BCUT2D eigenvalue weighted by atomic mass is 10.3. The Kier molecular flexibility index (Phi) is 4.98. The van der Waals surface area contributed by atoms with Crippen LogP contribution in [0.3, 0.4) is 0 Å². The first-order valence-electron chi connectivity index (χ1n) is 7.81. The van der Waals surface area contributed by atoms with E-state index in [9.17, 15) is 4.79 Å². The summed E-state index contributed by atoms with van der Waals surface area (Å²) in [7, 11) is 0. The number of nitrogens with one attached hydrogen (secondary N) is 3. The van der Waals surface area contributed by atoms with Crippen molar-refractivity contribution in [1.82, 2.24) is 20.5 Å². The Balaban J connectivity index is 1.38. The van der Waals surface area contributed by atoms with E-state index in [4.69, 9.17) is 0 Å². The van der Waals surface area contributed by atoms with Gasteiger partial charge >= 0.3 is 0 Å². The molecule has 7 nitrogen and oxygen atoms in total. The monoisotopic (exact) mass is 312 g/mol. The Bertz CT molecular complexity index is 627. The minimum absolute atomic E-state index is 0.136. The highest BCUT2D eigenvalue weighted by molar-refractivity contribution is 5.76. The number of carbonyl (C=O) groups is 1. The third kappa shape index (κ3) is 5.21. The van der Waals surface area contributed by atoms with Crippen LogP contribution in [0.1, 0.15) is 19.3 Å². The van der Waals surface area contributed by atoms with Crippen LogP contribution in [0.15, 0.2) is 36.7 Å². The molecule has 0 aromatic carbocycles. The highest BCUT2D eigenvalue weighted by Crippen LogP contribution is 2.31. The fourth-order valence-electron chi connectivity index (χ4n) is 2.13. The Labute approximate surface area is 134 Å². The first-order valence-corrected chi connectivity index (χ1v) is 7.81. The summed E-state index contributed by atoms with van der Waals surface area (Å²) in [4.78, 5) is 15.5. The number of hydrogen-bond acceptors (Lipinski definition) is 6. The molecule has 3 rings (SSSR count). The predicted octanol–water partition coefficient (Wildman–Crippen LogP) is 1.94. The summed E-state index contributed by atoms with van der Waals surface area (Å²) >= 11 is 0. The summed E-state index contributed by atoms with van der Waals surface area (Å²) in [5.41, 5.74) is 0.911. The number of pyridine rings is 1. The van der Waals surface area contributed by atoms with Crippen LogP contribution in [0, 0.1) is 5.92 Å². The summed E-state index contributed by atoms with van der Waals surface area (Å²) in [5, 5.41) is 17.4. The van der Waals surface area contributed by atoms with Gasteiger partial charge in [-0.3, -0.25) is 9.78 Å². The molecular weight excluding hydrogens is 292 g/mol. The molecule has 1 aliphatic carbocycles. The largest absolute Gasteiger partial charge is 0.367 e. The molecule has 120 valence electrons. The maximum absolute atomic E-state index is 11.5. The van der Waals surface area contributed by atoms with Crippen molar-refractivity contribution in [3.05, 3.63) is 36.7 Å². The molecule has 2 aromatic rings. The molecular formula is C16H20N6O. The zero-order valence-corrected chi connectivity index (χ0v) is 12.8. The number of hydrogen-bond donors (Lipinski definition) is 3. The van der Waals surface area contributed by atoms with Gasteiger partial charge in [0.25, 0.3) is 0 Å². The Morgan fingerprint density at radius 2 is 1.78 bits per heavy atom. The van der Waals surface area contributed by atoms with Crippen LogP contribution in [0.25, 0.3) is 0 Å². The maximum atomic E-state index is 11.5. The lowest BCUT2D eigenvalue weighted by Gasteiger charge is -2.08. The van der Waals surface area contributed by atoms with Crippen molar-refractivity contribution in [2.24, 2.45) is 5.92 Å². The van der Waals surface area contributed by atoms with Crippen LogP contribution in [-0.4, -0.2) is 34.2 Å². The second kappa shape index (κ2) is 7.53. The quantitative estimate of drug-likeness (QED) is 0.645. The molecule has 1 saturated carbocycles. The van der Waals surface area contributed by atoms with E-state index in [1.165, 1.54) is 12.8 Å². The predicted molar refractivity (Wildman–Crippen MR) is 88.4 cm³/mol. The molecule has 23 heavy (non-hydrogen) atoms. The van der Waals surface area contributed by atoms with Crippen LogP contribution >= 0.6 is 0 Å². The number of amides is 1. The molecule has 0 unspecified atom stereocenters. The van der Waals surface area contributed by atoms with Crippen molar-refractivity contribution in [2.45, 2.75) is 19.3 Å². The molecule has 1 aliphatic rings. The SMILES string of the molecule is O=C(CC1CC1)NCCNc1ccc(Nc2ccncc2)nn1. The van der Waals surface area contributed by atoms with E-state index in [2.05, 4.69) is 31.1 Å². The molecule has 0 bridgehead atoms. The second-order valence-corrected chi connectivity index (χ2v) is 5.59. The van der Waals surface area contributed by atoms with Gasteiger partial charge in [-0.25, -0.2) is 0 Å². The van der Waals surface area contributed by atoms with Crippen molar-refractivity contribution >= 4 is 23.2 Å². The lowest BCUT2D eigenvalue weighted by molar-refractivity contribution is -0.121. The molecule has 1 fully saturated rings. The molecule has 2 aromatic heterocycles. The van der Waals surface area contributed by atoms with E-state index in [1.807, 2.05) is 24.3 Å². The summed E-state index contributed by atoms with van der Waals surface area (Å²) in [5.74, 6) is 2.10. The van der Waals surface area contributed by atoms with Crippen molar-refractivity contribution in [2.75, 3.05) is 23.7 Å². The van der Waals surface area contributed by atoms with Gasteiger partial charge in [0.2, 0.25) is 5.91 Å². The zero-order chi connectivity index (χ0) is 15.9. The minimum atomic E-state index is 0.136. The van der Waals surface area contributed by atoms with E-state index in [0.717, 1.165) is 5.69 Å². The normalized spacial score (nSPS) is 13.4. The van der Waals surface area contributed by atoms with Crippen LogP contribution in [-0.2, 0) is 4.79 Å².